The fourth-order valence-electron chi connectivity index (χ4n) is 3.36. The lowest BCUT2D eigenvalue weighted by atomic mass is 9.96. The average molecular weight is 354 g/mol. The number of rotatable bonds is 3. The highest BCUT2D eigenvalue weighted by Crippen LogP contribution is 2.31. The van der Waals surface area contributed by atoms with Crippen LogP contribution in [0.3, 0.4) is 0 Å². The molecule has 7 nitrogen and oxygen atoms in total. The van der Waals surface area contributed by atoms with E-state index in [9.17, 15) is 4.39 Å². The van der Waals surface area contributed by atoms with Crippen LogP contribution >= 0.6 is 0 Å². The minimum atomic E-state index is -0.321. The van der Waals surface area contributed by atoms with Gasteiger partial charge in [-0.15, -0.1) is 0 Å². The molecule has 2 heterocycles. The second kappa shape index (κ2) is 6.80. The molecule has 26 heavy (non-hydrogen) atoms. The van der Waals surface area contributed by atoms with E-state index in [0.717, 1.165) is 42.5 Å². The molecule has 0 spiro atoms. The van der Waals surface area contributed by atoms with Crippen LogP contribution in [-0.2, 0) is 13.5 Å². The Balaban J connectivity index is 1.69. The van der Waals surface area contributed by atoms with Gasteiger partial charge < -0.3 is 11.1 Å². The molecule has 1 aliphatic rings. The molecular formula is C18H21FN7+. The van der Waals surface area contributed by atoms with Gasteiger partial charge in [0.05, 0.1) is 17.4 Å². The SMILES string of the molecule is Cn1cc(Nc2ncnc(-c3cc4c(cc3F)[C@H]([NH3+])CCCC4)n2)cn1. The molecule has 0 fully saturated rings. The van der Waals surface area contributed by atoms with Crippen molar-refractivity contribution in [1.29, 1.82) is 0 Å². The van der Waals surface area contributed by atoms with E-state index in [2.05, 4.69) is 31.1 Å². The molecule has 1 aromatic carbocycles. The third-order valence-electron chi connectivity index (χ3n) is 4.69. The molecule has 8 heteroatoms. The molecule has 0 saturated heterocycles. The van der Waals surface area contributed by atoms with Crippen LogP contribution in [0.2, 0.25) is 0 Å². The Morgan fingerprint density at radius 3 is 2.96 bits per heavy atom. The summed E-state index contributed by atoms with van der Waals surface area (Å²) in [6.45, 7) is 0. The van der Waals surface area contributed by atoms with Crippen LogP contribution < -0.4 is 11.1 Å². The second-order valence-electron chi connectivity index (χ2n) is 6.63. The molecule has 4 rings (SSSR count). The summed E-state index contributed by atoms with van der Waals surface area (Å²) in [6, 6.07) is 3.61. The lowest BCUT2D eigenvalue weighted by molar-refractivity contribution is -0.428. The van der Waals surface area contributed by atoms with E-state index in [1.165, 1.54) is 6.33 Å². The number of halogens is 1. The Morgan fingerprint density at radius 1 is 1.27 bits per heavy atom. The van der Waals surface area contributed by atoms with Crippen molar-refractivity contribution >= 4 is 11.6 Å². The molecule has 0 saturated carbocycles. The number of hydrogen-bond acceptors (Lipinski definition) is 5. The molecule has 0 unspecified atom stereocenters. The predicted octanol–water partition coefficient (Wildman–Crippen LogP) is 2.16. The molecule has 0 radical (unpaired) electrons. The highest BCUT2D eigenvalue weighted by Gasteiger charge is 2.22. The lowest BCUT2D eigenvalue weighted by Gasteiger charge is -2.12. The molecule has 0 amide bonds. The summed E-state index contributed by atoms with van der Waals surface area (Å²) in [5.41, 5.74) is 7.48. The molecule has 134 valence electrons. The van der Waals surface area contributed by atoms with Gasteiger partial charge in [0.1, 0.15) is 18.2 Å². The van der Waals surface area contributed by atoms with Crippen LogP contribution in [0.4, 0.5) is 16.0 Å². The predicted molar refractivity (Wildman–Crippen MR) is 94.9 cm³/mol. The molecule has 1 aliphatic carbocycles. The molecule has 2 aromatic heterocycles. The number of quaternary nitrogens is 1. The van der Waals surface area contributed by atoms with Gasteiger partial charge in [-0.3, -0.25) is 4.68 Å². The first kappa shape index (κ1) is 16.6. The Hall–Kier alpha value is -2.87. The minimum absolute atomic E-state index is 0.136. The number of hydrogen-bond donors (Lipinski definition) is 2. The summed E-state index contributed by atoms with van der Waals surface area (Å²) in [6.07, 6.45) is 9.00. The van der Waals surface area contributed by atoms with Crippen molar-refractivity contribution in [3.8, 4) is 11.4 Å². The van der Waals surface area contributed by atoms with Crippen molar-refractivity contribution in [1.82, 2.24) is 24.7 Å². The summed E-state index contributed by atoms with van der Waals surface area (Å²) < 4.78 is 16.4. The standard InChI is InChI=1S/C18H20FN7/c1-26-9-12(8-23-26)24-18-22-10-21-17(25-18)14-6-11-4-2-3-5-16(20)13(11)7-15(14)19/h6-10,16H,2-5,20H2,1H3,(H,21,22,24,25)/p+1/t16-/m1/s1. The Labute approximate surface area is 150 Å². The quantitative estimate of drug-likeness (QED) is 0.703. The highest BCUT2D eigenvalue weighted by atomic mass is 19.1. The van der Waals surface area contributed by atoms with E-state index >= 15 is 0 Å². The third-order valence-corrected chi connectivity index (χ3v) is 4.69. The third kappa shape index (κ3) is 3.28. The van der Waals surface area contributed by atoms with Crippen molar-refractivity contribution < 1.29 is 10.1 Å². The molecule has 0 aliphatic heterocycles. The zero-order chi connectivity index (χ0) is 18.1. The monoisotopic (exact) mass is 354 g/mol. The second-order valence-corrected chi connectivity index (χ2v) is 6.63. The molecule has 4 N–H and O–H groups in total. The van der Waals surface area contributed by atoms with Gasteiger partial charge in [0, 0.05) is 25.2 Å². The smallest absolute Gasteiger partial charge is 0.230 e. The first-order valence-electron chi connectivity index (χ1n) is 8.70. The average Bonchev–Trinajstić information content (AvgIpc) is 2.95. The molecule has 3 aromatic rings. The number of fused-ring (bicyclic) bond motifs is 1. The van der Waals surface area contributed by atoms with Gasteiger partial charge in [0.25, 0.3) is 0 Å². The summed E-state index contributed by atoms with van der Waals surface area (Å²) in [5.74, 6) is 0.349. The van der Waals surface area contributed by atoms with Crippen molar-refractivity contribution in [3.63, 3.8) is 0 Å². The summed E-state index contributed by atoms with van der Waals surface area (Å²) in [5, 5.41) is 7.14. The Bertz CT molecular complexity index is 937. The van der Waals surface area contributed by atoms with Gasteiger partial charge >= 0.3 is 0 Å². The normalized spacial score (nSPS) is 16.8. The van der Waals surface area contributed by atoms with Crippen LogP contribution in [0.25, 0.3) is 11.4 Å². The zero-order valence-corrected chi connectivity index (χ0v) is 14.6. The summed E-state index contributed by atoms with van der Waals surface area (Å²) >= 11 is 0. The zero-order valence-electron chi connectivity index (χ0n) is 14.6. The van der Waals surface area contributed by atoms with E-state index < -0.39 is 0 Å². The maximum atomic E-state index is 14.8. The van der Waals surface area contributed by atoms with E-state index in [-0.39, 0.29) is 11.9 Å². The van der Waals surface area contributed by atoms with E-state index in [0.29, 0.717) is 17.3 Å². The van der Waals surface area contributed by atoms with Gasteiger partial charge in [-0.2, -0.15) is 10.1 Å². The van der Waals surface area contributed by atoms with Crippen LogP contribution in [0.1, 0.15) is 36.4 Å². The summed E-state index contributed by atoms with van der Waals surface area (Å²) in [4.78, 5) is 12.7. The van der Waals surface area contributed by atoms with Crippen molar-refractivity contribution in [3.05, 3.63) is 47.8 Å². The van der Waals surface area contributed by atoms with Crippen molar-refractivity contribution in [2.45, 2.75) is 31.7 Å². The highest BCUT2D eigenvalue weighted by molar-refractivity contribution is 5.61. The van der Waals surface area contributed by atoms with Gasteiger partial charge in [-0.05, 0) is 37.0 Å². The van der Waals surface area contributed by atoms with Gasteiger partial charge in [-0.25, -0.2) is 14.4 Å². The maximum absolute atomic E-state index is 14.8. The van der Waals surface area contributed by atoms with E-state index in [1.54, 1.807) is 23.1 Å². The number of aromatic nitrogens is 5. The van der Waals surface area contributed by atoms with Crippen LogP contribution in [0, 0.1) is 5.82 Å². The first-order chi connectivity index (χ1) is 12.6. The molecule has 0 bridgehead atoms. The van der Waals surface area contributed by atoms with Crippen LogP contribution in [0.5, 0.6) is 0 Å². The first-order valence-corrected chi connectivity index (χ1v) is 8.70. The van der Waals surface area contributed by atoms with Crippen molar-refractivity contribution in [2.24, 2.45) is 7.05 Å². The molecular weight excluding hydrogens is 333 g/mol. The summed E-state index contributed by atoms with van der Waals surface area (Å²) in [7, 11) is 1.82. The minimum Gasteiger partial charge on any atom is -0.351 e. The maximum Gasteiger partial charge on any atom is 0.230 e. The van der Waals surface area contributed by atoms with Crippen LogP contribution in [0.15, 0.2) is 30.9 Å². The van der Waals surface area contributed by atoms with Crippen LogP contribution in [-0.4, -0.2) is 24.7 Å². The van der Waals surface area contributed by atoms with Gasteiger partial charge in [-0.1, -0.05) is 0 Å². The van der Waals surface area contributed by atoms with E-state index in [1.807, 2.05) is 13.1 Å². The van der Waals surface area contributed by atoms with Crippen molar-refractivity contribution in [2.75, 3.05) is 5.32 Å². The largest absolute Gasteiger partial charge is 0.351 e. The number of nitrogens with zero attached hydrogens (tertiary/aromatic N) is 5. The Kier molecular flexibility index (Phi) is 4.34. The van der Waals surface area contributed by atoms with Gasteiger partial charge in [0.15, 0.2) is 5.82 Å². The lowest BCUT2D eigenvalue weighted by Crippen LogP contribution is -2.53. The topological polar surface area (TPSA) is 96.2 Å². The fraction of sp³-hybridized carbons (Fsp3) is 0.333. The Morgan fingerprint density at radius 2 is 2.15 bits per heavy atom. The molecule has 1 atom stereocenters. The number of anilines is 2. The van der Waals surface area contributed by atoms with E-state index in [4.69, 9.17) is 0 Å². The number of nitrogens with one attached hydrogen (secondary N) is 1. The fourth-order valence-corrected chi connectivity index (χ4v) is 3.36. The van der Waals surface area contributed by atoms with Gasteiger partial charge in [0.2, 0.25) is 5.95 Å². The number of aryl methyl sites for hydroxylation is 2. The number of benzene rings is 1.